The molecule has 4 aromatic rings. The Morgan fingerprint density at radius 3 is 1.94 bits per heavy atom. The van der Waals surface area contributed by atoms with E-state index in [4.69, 9.17) is 4.98 Å². The van der Waals surface area contributed by atoms with Gasteiger partial charge in [0.2, 0.25) is 0 Å². The molecule has 5 rings (SSSR count). The Hall–Kier alpha value is -3.97. The topological polar surface area (TPSA) is 83.1 Å². The summed E-state index contributed by atoms with van der Waals surface area (Å²) < 4.78 is 0. The Morgan fingerprint density at radius 2 is 1.33 bits per heavy atom. The predicted octanol–water partition coefficient (Wildman–Crippen LogP) is 6.01. The molecule has 0 saturated heterocycles. The average Bonchev–Trinajstić information content (AvgIpc) is 3.54. The van der Waals surface area contributed by atoms with Crippen LogP contribution in [0.25, 0.3) is 21.8 Å². The minimum atomic E-state index is -0.222. The van der Waals surface area contributed by atoms with Gasteiger partial charge in [-0.05, 0) is 37.1 Å². The molecule has 164 valence electrons. The lowest BCUT2D eigenvalue weighted by Crippen LogP contribution is -2.30. The highest BCUT2D eigenvalue weighted by molar-refractivity contribution is 7.17. The number of hydrogen-bond acceptors (Lipinski definition) is 4. The first-order valence-electron chi connectivity index (χ1n) is 10.8. The van der Waals surface area contributed by atoms with Gasteiger partial charge in [0.05, 0.1) is 5.69 Å². The second-order valence-electron chi connectivity index (χ2n) is 7.83. The van der Waals surface area contributed by atoms with Gasteiger partial charge in [0.1, 0.15) is 9.88 Å². The molecule has 3 amide bonds. The van der Waals surface area contributed by atoms with E-state index in [1.54, 1.807) is 24.3 Å². The smallest absolute Gasteiger partial charge is 0.319 e. The van der Waals surface area contributed by atoms with Crippen molar-refractivity contribution in [2.24, 2.45) is 0 Å². The van der Waals surface area contributed by atoms with E-state index < -0.39 is 0 Å². The summed E-state index contributed by atoms with van der Waals surface area (Å²) in [7, 11) is 0. The van der Waals surface area contributed by atoms with Gasteiger partial charge in [-0.1, -0.05) is 60.7 Å². The number of carbonyl (C=O) groups excluding carboxylic acids is 2. The zero-order valence-electron chi connectivity index (χ0n) is 17.7. The van der Waals surface area contributed by atoms with Crippen LogP contribution in [0.4, 0.5) is 16.2 Å². The third-order valence-corrected chi connectivity index (χ3v) is 6.32. The summed E-state index contributed by atoms with van der Waals surface area (Å²) in [6.45, 7) is 0. The quantitative estimate of drug-likeness (QED) is 0.333. The Balaban J connectivity index is 1.36. The Bertz CT molecular complexity index is 1270. The van der Waals surface area contributed by atoms with Crippen LogP contribution in [0.1, 0.15) is 22.5 Å². The summed E-state index contributed by atoms with van der Waals surface area (Å²) in [5, 5.41) is 9.44. The number of nitrogens with one attached hydrogen (secondary N) is 3. The van der Waals surface area contributed by atoms with Crippen molar-refractivity contribution < 1.29 is 9.59 Å². The van der Waals surface area contributed by atoms with Gasteiger partial charge in [-0.25, -0.2) is 9.78 Å². The summed E-state index contributed by atoms with van der Waals surface area (Å²) in [6, 6.07) is 26.7. The summed E-state index contributed by atoms with van der Waals surface area (Å²) in [6.07, 6.45) is 2.07. The van der Waals surface area contributed by atoms with Crippen LogP contribution in [-0.2, 0) is 0 Å². The number of hydrogen-bond donors (Lipinski definition) is 3. The summed E-state index contributed by atoms with van der Waals surface area (Å²) in [4.78, 5) is 30.5. The maximum absolute atomic E-state index is 13.2. The largest absolute Gasteiger partial charge is 0.335 e. The van der Waals surface area contributed by atoms with Crippen molar-refractivity contribution in [3.8, 4) is 21.8 Å². The highest BCUT2D eigenvalue weighted by Gasteiger charge is 2.23. The molecule has 0 aliphatic heterocycles. The average molecular weight is 455 g/mol. The highest BCUT2D eigenvalue weighted by atomic mass is 32.1. The number of benzene rings is 3. The van der Waals surface area contributed by atoms with Gasteiger partial charge < -0.3 is 16.0 Å². The van der Waals surface area contributed by atoms with Crippen molar-refractivity contribution in [3.63, 3.8) is 0 Å². The second kappa shape index (κ2) is 9.26. The minimum absolute atomic E-state index is 0.208. The molecule has 1 saturated carbocycles. The lowest BCUT2D eigenvalue weighted by molar-refractivity contribution is 0.103. The van der Waals surface area contributed by atoms with E-state index >= 15 is 0 Å². The van der Waals surface area contributed by atoms with Crippen molar-refractivity contribution in [2.75, 3.05) is 10.6 Å². The van der Waals surface area contributed by atoms with E-state index in [2.05, 4.69) is 16.0 Å². The van der Waals surface area contributed by atoms with Gasteiger partial charge in [0, 0.05) is 28.5 Å². The summed E-state index contributed by atoms with van der Waals surface area (Å²) in [5.74, 6) is -0.222. The van der Waals surface area contributed by atoms with Gasteiger partial charge in [0.15, 0.2) is 0 Å². The molecule has 0 atom stereocenters. The van der Waals surface area contributed by atoms with Gasteiger partial charge >= 0.3 is 6.03 Å². The first kappa shape index (κ1) is 20.9. The van der Waals surface area contributed by atoms with Crippen molar-refractivity contribution in [1.82, 2.24) is 10.3 Å². The van der Waals surface area contributed by atoms with Crippen molar-refractivity contribution in [1.29, 1.82) is 0 Å². The number of nitrogens with zero attached hydrogens (tertiary/aromatic N) is 1. The molecule has 0 radical (unpaired) electrons. The maximum atomic E-state index is 13.2. The Labute approximate surface area is 195 Å². The van der Waals surface area contributed by atoms with Crippen LogP contribution < -0.4 is 16.0 Å². The molecule has 0 unspecified atom stereocenters. The van der Waals surface area contributed by atoms with Crippen LogP contribution in [0, 0.1) is 0 Å². The van der Waals surface area contributed by atoms with Gasteiger partial charge in [-0.3, -0.25) is 4.79 Å². The maximum Gasteiger partial charge on any atom is 0.319 e. The number of carbonyl (C=O) groups is 2. The number of rotatable bonds is 6. The SMILES string of the molecule is O=C(Nc1ccc(NC(=O)c2sc(-c3ccccc3)nc2-c2ccccc2)cc1)NC1CC1. The first-order chi connectivity index (χ1) is 16.2. The van der Waals surface area contributed by atoms with Crippen LogP contribution in [0.15, 0.2) is 84.9 Å². The number of amides is 3. The molecule has 0 bridgehead atoms. The molecule has 1 aromatic heterocycles. The highest BCUT2D eigenvalue weighted by Crippen LogP contribution is 2.34. The summed E-state index contributed by atoms with van der Waals surface area (Å²) in [5.41, 5.74) is 3.83. The van der Waals surface area contributed by atoms with E-state index in [9.17, 15) is 9.59 Å². The molecule has 6 nitrogen and oxygen atoms in total. The zero-order chi connectivity index (χ0) is 22.6. The van der Waals surface area contributed by atoms with Crippen molar-refractivity contribution in [3.05, 3.63) is 89.8 Å². The Kier molecular flexibility index (Phi) is 5.87. The molecule has 1 aliphatic rings. The van der Waals surface area contributed by atoms with E-state index in [1.807, 2.05) is 60.7 Å². The molecule has 33 heavy (non-hydrogen) atoms. The molecule has 7 heteroatoms. The lowest BCUT2D eigenvalue weighted by atomic mass is 10.1. The number of aromatic nitrogens is 1. The lowest BCUT2D eigenvalue weighted by Gasteiger charge is -2.09. The normalized spacial score (nSPS) is 12.7. The number of anilines is 2. The van der Waals surface area contributed by atoms with Gasteiger partial charge in [-0.2, -0.15) is 0 Å². The molecule has 1 heterocycles. The van der Waals surface area contributed by atoms with Crippen LogP contribution in [-0.4, -0.2) is 23.0 Å². The number of urea groups is 1. The van der Waals surface area contributed by atoms with Crippen LogP contribution in [0.3, 0.4) is 0 Å². The fourth-order valence-corrected chi connectivity index (χ4v) is 4.36. The predicted molar refractivity (Wildman–Crippen MR) is 133 cm³/mol. The molecule has 3 aromatic carbocycles. The standard InChI is InChI=1S/C26H22N4O2S/c31-24(27-19-11-13-20(14-12-19)28-26(32)29-21-15-16-21)23-22(17-7-3-1-4-8-17)30-25(33-23)18-9-5-2-6-10-18/h1-14,21H,15-16H2,(H,27,31)(H2,28,29,32). The van der Waals surface area contributed by atoms with Crippen LogP contribution >= 0.6 is 11.3 Å². The fourth-order valence-electron chi connectivity index (χ4n) is 3.37. The molecular weight excluding hydrogens is 432 g/mol. The monoisotopic (exact) mass is 454 g/mol. The fraction of sp³-hybridized carbons (Fsp3) is 0.115. The third-order valence-electron chi connectivity index (χ3n) is 5.21. The molecule has 3 N–H and O–H groups in total. The molecule has 1 fully saturated rings. The van der Waals surface area contributed by atoms with Crippen molar-refractivity contribution >= 4 is 34.6 Å². The molecular formula is C26H22N4O2S. The Morgan fingerprint density at radius 1 is 0.758 bits per heavy atom. The first-order valence-corrected chi connectivity index (χ1v) is 11.6. The second-order valence-corrected chi connectivity index (χ2v) is 8.83. The molecule has 1 aliphatic carbocycles. The number of thiazole rings is 1. The van der Waals surface area contributed by atoms with E-state index in [1.165, 1.54) is 11.3 Å². The van der Waals surface area contributed by atoms with Gasteiger partial charge in [0.25, 0.3) is 5.91 Å². The van der Waals surface area contributed by atoms with Crippen molar-refractivity contribution in [2.45, 2.75) is 18.9 Å². The van der Waals surface area contributed by atoms with E-state index in [0.717, 1.165) is 29.0 Å². The summed E-state index contributed by atoms with van der Waals surface area (Å²) >= 11 is 1.37. The van der Waals surface area contributed by atoms with E-state index in [-0.39, 0.29) is 11.9 Å². The minimum Gasteiger partial charge on any atom is -0.335 e. The van der Waals surface area contributed by atoms with Crippen LogP contribution in [0.5, 0.6) is 0 Å². The van der Waals surface area contributed by atoms with Gasteiger partial charge in [-0.15, -0.1) is 11.3 Å². The third kappa shape index (κ3) is 5.10. The molecule has 0 spiro atoms. The van der Waals surface area contributed by atoms with E-state index in [0.29, 0.717) is 28.0 Å². The zero-order valence-corrected chi connectivity index (χ0v) is 18.6. The van der Waals surface area contributed by atoms with Crippen LogP contribution in [0.2, 0.25) is 0 Å².